The summed E-state index contributed by atoms with van der Waals surface area (Å²) in [6, 6.07) is 7.73. The van der Waals surface area contributed by atoms with Gasteiger partial charge in [-0.2, -0.15) is 10.1 Å². The Labute approximate surface area is 338 Å². The zero-order valence-electron chi connectivity index (χ0n) is 32.5. The molecule has 1 unspecified atom stereocenters. The standard InChI is InChI=1S/C41H45FN12O5/c42-30-21-27(46-41(58)47-31-23-43-33-13-14-45-54(33)37(31)25-6-3-4-7-25)22-44-36(30)38-49-35(59-50-38)8-2-1-5-15-51-16-18-52(19-17-51)28-9-10-29-26(20-28)24-53(40(29)57)32-11-12-34(55)48-39(32)56/h9-10,13-14,20-23,25,32H,1-8,11-12,15-19,24H2,(H2,46,47,58)(H,48,55,56). The van der Waals surface area contributed by atoms with Gasteiger partial charge in [-0.15, -0.1) is 0 Å². The van der Waals surface area contributed by atoms with Crippen LogP contribution in [0.1, 0.15) is 91.2 Å². The van der Waals surface area contributed by atoms with E-state index in [-0.39, 0.29) is 41.4 Å². The Morgan fingerprint density at radius 2 is 1.80 bits per heavy atom. The Balaban J connectivity index is 0.706. The number of fused-ring (bicyclic) bond motifs is 2. The second-order valence-electron chi connectivity index (χ2n) is 15.7. The summed E-state index contributed by atoms with van der Waals surface area (Å²) in [6.07, 6.45) is 12.9. The van der Waals surface area contributed by atoms with Gasteiger partial charge in [-0.3, -0.25) is 24.6 Å². The van der Waals surface area contributed by atoms with E-state index in [1.54, 1.807) is 21.8 Å². The van der Waals surface area contributed by atoms with Crippen LogP contribution in [0.25, 0.3) is 17.2 Å². The van der Waals surface area contributed by atoms with Gasteiger partial charge in [0.2, 0.25) is 23.5 Å². The number of amides is 5. The van der Waals surface area contributed by atoms with Crippen LogP contribution in [-0.2, 0) is 22.6 Å². The SMILES string of the molecule is O=C1CCC(N2Cc3cc(N4CCN(CCCCCc5nc(-c6ncc(NC(=O)Nc7cnc8ccnn8c7C7CCCC7)cc6F)no5)CC4)ccc3C2=O)C(=O)N1. The van der Waals surface area contributed by atoms with Crippen LogP contribution in [-0.4, -0.2) is 102 Å². The molecule has 0 bridgehead atoms. The molecule has 0 spiro atoms. The largest absolute Gasteiger partial charge is 0.369 e. The normalized spacial score (nSPS) is 18.8. The molecule has 1 aliphatic carbocycles. The molecule has 306 valence electrons. The molecule has 18 heteroatoms. The highest BCUT2D eigenvalue weighted by atomic mass is 19.1. The van der Waals surface area contributed by atoms with Gasteiger partial charge in [0.25, 0.3) is 5.91 Å². The molecule has 7 heterocycles. The number of unbranched alkanes of at least 4 members (excludes halogenated alkanes) is 2. The van der Waals surface area contributed by atoms with Crippen molar-refractivity contribution >= 4 is 46.5 Å². The van der Waals surface area contributed by atoms with Crippen molar-refractivity contribution in [3.63, 3.8) is 0 Å². The van der Waals surface area contributed by atoms with E-state index in [2.05, 4.69) is 57.0 Å². The van der Waals surface area contributed by atoms with E-state index in [1.165, 1.54) is 12.3 Å². The molecular formula is C41H45FN12O5. The van der Waals surface area contributed by atoms with Crippen molar-refractivity contribution in [3.05, 3.63) is 77.5 Å². The van der Waals surface area contributed by atoms with Crippen LogP contribution in [0.5, 0.6) is 0 Å². The first-order valence-electron chi connectivity index (χ1n) is 20.4. The van der Waals surface area contributed by atoms with Crippen LogP contribution in [0, 0.1) is 5.82 Å². The molecule has 5 amide bonds. The molecule has 1 aromatic carbocycles. The van der Waals surface area contributed by atoms with Gasteiger partial charge in [0, 0.05) is 74.9 Å². The molecule has 17 nitrogen and oxygen atoms in total. The number of benzene rings is 1. The highest BCUT2D eigenvalue weighted by Gasteiger charge is 2.39. The first kappa shape index (κ1) is 38.2. The van der Waals surface area contributed by atoms with E-state index < -0.39 is 23.8 Å². The van der Waals surface area contributed by atoms with E-state index in [1.807, 2.05) is 18.2 Å². The second kappa shape index (κ2) is 16.5. The summed E-state index contributed by atoms with van der Waals surface area (Å²) in [4.78, 5) is 69.4. The maximum absolute atomic E-state index is 15.2. The summed E-state index contributed by atoms with van der Waals surface area (Å²) in [7, 11) is 0. The van der Waals surface area contributed by atoms with Crippen LogP contribution in [0.2, 0.25) is 0 Å². The van der Waals surface area contributed by atoms with Crippen molar-refractivity contribution in [1.82, 2.24) is 44.8 Å². The van der Waals surface area contributed by atoms with Gasteiger partial charge < -0.3 is 25.0 Å². The molecule has 5 aromatic rings. The lowest BCUT2D eigenvalue weighted by Gasteiger charge is -2.36. The number of hydrogen-bond donors (Lipinski definition) is 3. The number of urea groups is 1. The van der Waals surface area contributed by atoms with E-state index in [0.29, 0.717) is 42.2 Å². The molecule has 3 fully saturated rings. The number of rotatable bonds is 12. The number of nitrogens with one attached hydrogen (secondary N) is 3. The van der Waals surface area contributed by atoms with Crippen molar-refractivity contribution in [2.45, 2.75) is 82.7 Å². The minimum Gasteiger partial charge on any atom is -0.369 e. The number of carbonyl (C=O) groups excluding carboxylic acids is 4. The lowest BCUT2D eigenvalue weighted by molar-refractivity contribution is -0.136. The number of anilines is 3. The fraction of sp³-hybridized carbons (Fsp3) is 0.439. The van der Waals surface area contributed by atoms with Gasteiger partial charge in [-0.1, -0.05) is 24.4 Å². The number of aromatic nitrogens is 6. The van der Waals surface area contributed by atoms with E-state index in [4.69, 9.17) is 4.52 Å². The first-order chi connectivity index (χ1) is 28.8. The van der Waals surface area contributed by atoms with Crippen molar-refractivity contribution in [2.24, 2.45) is 0 Å². The topological polar surface area (TPSA) is 196 Å². The predicted molar refractivity (Wildman–Crippen MR) is 213 cm³/mol. The molecule has 1 saturated carbocycles. The predicted octanol–water partition coefficient (Wildman–Crippen LogP) is 4.91. The highest BCUT2D eigenvalue weighted by molar-refractivity contribution is 6.05. The third-order valence-corrected chi connectivity index (χ3v) is 11.8. The van der Waals surface area contributed by atoms with Crippen LogP contribution < -0.4 is 20.9 Å². The fourth-order valence-corrected chi connectivity index (χ4v) is 8.76. The molecule has 9 rings (SSSR count). The summed E-state index contributed by atoms with van der Waals surface area (Å²) in [5, 5.41) is 16.3. The summed E-state index contributed by atoms with van der Waals surface area (Å²) >= 11 is 0. The smallest absolute Gasteiger partial charge is 0.323 e. The quantitative estimate of drug-likeness (QED) is 0.114. The number of piperazine rings is 1. The first-order valence-corrected chi connectivity index (χ1v) is 20.4. The molecule has 2 saturated heterocycles. The molecule has 0 radical (unpaired) electrons. The lowest BCUT2D eigenvalue weighted by atomic mass is 10.0. The fourth-order valence-electron chi connectivity index (χ4n) is 8.76. The van der Waals surface area contributed by atoms with Crippen molar-refractivity contribution < 1.29 is 28.1 Å². The van der Waals surface area contributed by atoms with Crippen LogP contribution in [0.4, 0.5) is 26.2 Å². The number of piperidine rings is 1. The number of aryl methyl sites for hydroxylation is 1. The number of carbonyl (C=O) groups is 4. The van der Waals surface area contributed by atoms with Crippen molar-refractivity contribution in [1.29, 1.82) is 0 Å². The lowest BCUT2D eigenvalue weighted by Crippen LogP contribution is -2.52. The average Bonchev–Trinajstić information content (AvgIpc) is 4.07. The Hall–Kier alpha value is -6.30. The summed E-state index contributed by atoms with van der Waals surface area (Å²) in [6.45, 7) is 4.91. The summed E-state index contributed by atoms with van der Waals surface area (Å²) in [5.74, 6) is -0.833. The second-order valence-corrected chi connectivity index (χ2v) is 15.7. The Morgan fingerprint density at radius 3 is 2.61 bits per heavy atom. The summed E-state index contributed by atoms with van der Waals surface area (Å²) in [5.41, 5.74) is 4.89. The van der Waals surface area contributed by atoms with Crippen LogP contribution in [0.15, 0.2) is 53.4 Å². The number of imide groups is 1. The van der Waals surface area contributed by atoms with Gasteiger partial charge in [-0.05, 0) is 62.4 Å². The van der Waals surface area contributed by atoms with Crippen molar-refractivity contribution in [2.75, 3.05) is 48.3 Å². The number of halogens is 1. The molecular weight excluding hydrogens is 760 g/mol. The van der Waals surface area contributed by atoms with E-state index in [0.717, 1.165) is 94.6 Å². The molecule has 1 atom stereocenters. The molecule has 4 aliphatic rings. The van der Waals surface area contributed by atoms with Crippen LogP contribution in [0.3, 0.4) is 0 Å². The molecule has 3 N–H and O–H groups in total. The monoisotopic (exact) mass is 804 g/mol. The van der Waals surface area contributed by atoms with Crippen LogP contribution >= 0.6 is 0 Å². The third kappa shape index (κ3) is 8.08. The Kier molecular flexibility index (Phi) is 10.7. The zero-order valence-corrected chi connectivity index (χ0v) is 32.5. The van der Waals surface area contributed by atoms with Gasteiger partial charge in [0.05, 0.1) is 35.7 Å². The zero-order chi connectivity index (χ0) is 40.5. The molecule has 59 heavy (non-hydrogen) atoms. The van der Waals surface area contributed by atoms with E-state index in [9.17, 15) is 19.2 Å². The van der Waals surface area contributed by atoms with Gasteiger partial charge in [0.15, 0.2) is 11.5 Å². The van der Waals surface area contributed by atoms with Gasteiger partial charge in [0.1, 0.15) is 11.7 Å². The number of nitrogens with zero attached hydrogens (tertiary/aromatic N) is 9. The highest BCUT2D eigenvalue weighted by Crippen LogP contribution is 2.38. The Bertz CT molecular complexity index is 2400. The van der Waals surface area contributed by atoms with Gasteiger partial charge >= 0.3 is 6.03 Å². The average molecular weight is 805 g/mol. The maximum atomic E-state index is 15.2. The Morgan fingerprint density at radius 1 is 0.949 bits per heavy atom. The molecule has 4 aromatic heterocycles. The number of hydrogen-bond acceptors (Lipinski definition) is 12. The van der Waals surface area contributed by atoms with E-state index >= 15 is 4.39 Å². The maximum Gasteiger partial charge on any atom is 0.323 e. The summed E-state index contributed by atoms with van der Waals surface area (Å²) < 4.78 is 22.4. The molecule has 3 aliphatic heterocycles. The third-order valence-electron chi connectivity index (χ3n) is 11.8. The van der Waals surface area contributed by atoms with Crippen molar-refractivity contribution in [3.8, 4) is 11.5 Å². The number of pyridine rings is 1. The van der Waals surface area contributed by atoms with Gasteiger partial charge in [-0.25, -0.2) is 23.7 Å². The minimum absolute atomic E-state index is 0.0489. The minimum atomic E-state index is -0.691.